The second-order valence-electron chi connectivity index (χ2n) is 6.54. The molecule has 0 radical (unpaired) electrons. The largest absolute Gasteiger partial charge is 0.465 e. The maximum Gasteiger partial charge on any atom is 0.409 e. The molecular weight excluding hydrogens is 300 g/mol. The number of hydrogen-bond donors (Lipinski definition) is 4. The van der Waals surface area contributed by atoms with Crippen LogP contribution in [0.25, 0.3) is 0 Å². The summed E-state index contributed by atoms with van der Waals surface area (Å²) < 4.78 is 0. The number of carboxylic acid groups (broad SMARTS) is 1. The predicted molar refractivity (Wildman–Crippen MR) is 84.7 cm³/mol. The van der Waals surface area contributed by atoms with Crippen LogP contribution in [0.1, 0.15) is 43.4 Å². The van der Waals surface area contributed by atoms with Gasteiger partial charge in [0.1, 0.15) is 5.69 Å². The molecule has 23 heavy (non-hydrogen) atoms. The lowest BCUT2D eigenvalue weighted by Gasteiger charge is -2.20. The summed E-state index contributed by atoms with van der Waals surface area (Å²) in [4.78, 5) is 39.7. The zero-order valence-corrected chi connectivity index (χ0v) is 13.5. The van der Waals surface area contributed by atoms with E-state index in [1.807, 2.05) is 20.8 Å². The van der Waals surface area contributed by atoms with E-state index in [0.29, 0.717) is 19.6 Å². The van der Waals surface area contributed by atoms with E-state index < -0.39 is 6.09 Å². The molecule has 8 nitrogen and oxygen atoms in total. The molecule has 1 saturated heterocycles. The van der Waals surface area contributed by atoms with E-state index in [1.165, 1.54) is 0 Å². The van der Waals surface area contributed by atoms with Crippen LogP contribution in [0.3, 0.4) is 0 Å². The third-order valence-electron chi connectivity index (χ3n) is 3.68. The highest BCUT2D eigenvalue weighted by molar-refractivity contribution is 6.01. The molecule has 1 aliphatic heterocycles. The third kappa shape index (κ3) is 4.02. The van der Waals surface area contributed by atoms with Gasteiger partial charge in [-0.3, -0.25) is 14.9 Å². The Hall–Kier alpha value is -2.51. The molecule has 0 aromatic carbocycles. The predicted octanol–water partition coefficient (Wildman–Crippen LogP) is 1.36. The van der Waals surface area contributed by atoms with Crippen LogP contribution in [0, 0.1) is 0 Å². The minimum absolute atomic E-state index is 0.0916. The number of nitrogens with one attached hydrogen (secondary N) is 3. The van der Waals surface area contributed by atoms with E-state index in [0.717, 1.165) is 5.69 Å². The molecule has 0 aliphatic carbocycles. The molecule has 1 aromatic rings. The van der Waals surface area contributed by atoms with Crippen LogP contribution < -0.4 is 10.6 Å². The molecule has 2 rings (SSSR count). The second-order valence-corrected chi connectivity index (χ2v) is 6.54. The van der Waals surface area contributed by atoms with E-state index in [4.69, 9.17) is 5.11 Å². The fraction of sp³-hybridized carbons (Fsp3) is 0.533. The normalized spacial score (nSPS) is 15.8. The molecule has 0 bridgehead atoms. The average molecular weight is 322 g/mol. The Morgan fingerprint density at radius 1 is 1.30 bits per heavy atom. The number of anilines is 1. The van der Waals surface area contributed by atoms with Crippen LogP contribution in [-0.2, 0) is 10.2 Å². The molecule has 2 heterocycles. The summed E-state index contributed by atoms with van der Waals surface area (Å²) in [6.45, 7) is 6.98. The molecule has 0 saturated carbocycles. The third-order valence-corrected chi connectivity index (χ3v) is 3.68. The first-order valence-electron chi connectivity index (χ1n) is 7.48. The van der Waals surface area contributed by atoms with Gasteiger partial charge in [0, 0.05) is 37.2 Å². The number of H-pyrrole nitrogens is 1. The number of rotatable bonds is 2. The highest BCUT2D eigenvalue weighted by Gasteiger charge is 2.27. The zero-order valence-electron chi connectivity index (χ0n) is 13.5. The van der Waals surface area contributed by atoms with Crippen LogP contribution in [0.4, 0.5) is 10.5 Å². The summed E-state index contributed by atoms with van der Waals surface area (Å²) in [6.07, 6.45) is -0.994. The second kappa shape index (κ2) is 6.31. The Balaban J connectivity index is 2.32. The number of hydrogen-bond acceptors (Lipinski definition) is 3. The Kier molecular flexibility index (Phi) is 4.63. The number of carbonyl (C=O) groups is 3. The van der Waals surface area contributed by atoms with Gasteiger partial charge in [-0.2, -0.15) is 0 Å². The molecule has 1 aliphatic rings. The van der Waals surface area contributed by atoms with E-state index in [2.05, 4.69) is 15.6 Å². The first-order chi connectivity index (χ1) is 10.7. The molecule has 0 unspecified atom stereocenters. The SMILES string of the molecule is CC(C)(C)c1cc(NC(=O)O)c(C(=O)N2CCNC(=O)CC2)[nH]1. The van der Waals surface area contributed by atoms with E-state index >= 15 is 0 Å². The average Bonchev–Trinajstić information content (AvgIpc) is 2.72. The van der Waals surface area contributed by atoms with Crippen molar-refractivity contribution < 1.29 is 19.5 Å². The van der Waals surface area contributed by atoms with Crippen molar-refractivity contribution in [3.8, 4) is 0 Å². The molecule has 1 aromatic heterocycles. The van der Waals surface area contributed by atoms with Crippen LogP contribution in [0.2, 0.25) is 0 Å². The van der Waals surface area contributed by atoms with Crippen LogP contribution in [0.5, 0.6) is 0 Å². The summed E-state index contributed by atoms with van der Waals surface area (Å²) in [5, 5.41) is 13.9. The van der Waals surface area contributed by atoms with E-state index in [1.54, 1.807) is 11.0 Å². The molecule has 3 amide bonds. The molecule has 8 heteroatoms. The van der Waals surface area contributed by atoms with Gasteiger partial charge in [0.05, 0.1) is 5.69 Å². The molecule has 0 spiro atoms. The first-order valence-corrected chi connectivity index (χ1v) is 7.48. The summed E-state index contributed by atoms with van der Waals surface area (Å²) in [6, 6.07) is 1.64. The van der Waals surface area contributed by atoms with Gasteiger partial charge in [-0.15, -0.1) is 0 Å². The standard InChI is InChI=1S/C15H22N4O4/c1-15(2,3)10-8-9(17-14(22)23)12(18-10)13(21)19-6-4-11(20)16-5-7-19/h8,17-18H,4-7H2,1-3H3,(H,16,20)(H,22,23). The molecule has 0 atom stereocenters. The van der Waals surface area contributed by atoms with Crippen molar-refractivity contribution >= 4 is 23.6 Å². The number of amides is 3. The molecular formula is C15H22N4O4. The maximum absolute atomic E-state index is 12.7. The van der Waals surface area contributed by atoms with Crippen molar-refractivity contribution in [2.24, 2.45) is 0 Å². The Bertz CT molecular complexity index is 630. The number of aromatic amines is 1. The van der Waals surface area contributed by atoms with Crippen molar-refractivity contribution in [2.75, 3.05) is 25.0 Å². The lowest BCUT2D eigenvalue weighted by atomic mass is 9.92. The van der Waals surface area contributed by atoms with Crippen LogP contribution >= 0.6 is 0 Å². The zero-order chi connectivity index (χ0) is 17.2. The Morgan fingerprint density at radius 3 is 2.61 bits per heavy atom. The summed E-state index contributed by atoms with van der Waals surface area (Å²) in [5.74, 6) is -0.410. The lowest BCUT2D eigenvalue weighted by Crippen LogP contribution is -2.35. The van der Waals surface area contributed by atoms with Crippen LogP contribution in [0.15, 0.2) is 6.07 Å². The quantitative estimate of drug-likeness (QED) is 0.658. The van der Waals surface area contributed by atoms with Gasteiger partial charge in [-0.05, 0) is 6.07 Å². The van der Waals surface area contributed by atoms with Crippen LogP contribution in [-0.4, -0.2) is 52.5 Å². The minimum Gasteiger partial charge on any atom is -0.465 e. The maximum atomic E-state index is 12.7. The Morgan fingerprint density at radius 2 is 2.00 bits per heavy atom. The van der Waals surface area contributed by atoms with Crippen molar-refractivity contribution in [2.45, 2.75) is 32.6 Å². The topological polar surface area (TPSA) is 115 Å². The highest BCUT2D eigenvalue weighted by Crippen LogP contribution is 2.28. The number of carbonyl (C=O) groups excluding carboxylic acids is 2. The van der Waals surface area contributed by atoms with Crippen molar-refractivity contribution in [3.63, 3.8) is 0 Å². The van der Waals surface area contributed by atoms with Crippen molar-refractivity contribution in [1.29, 1.82) is 0 Å². The van der Waals surface area contributed by atoms with Gasteiger partial charge in [0.2, 0.25) is 5.91 Å². The van der Waals surface area contributed by atoms with E-state index in [-0.39, 0.29) is 35.0 Å². The minimum atomic E-state index is -1.23. The monoisotopic (exact) mass is 322 g/mol. The fourth-order valence-electron chi connectivity index (χ4n) is 2.37. The Labute approximate surface area is 134 Å². The number of aromatic nitrogens is 1. The first kappa shape index (κ1) is 16.9. The lowest BCUT2D eigenvalue weighted by molar-refractivity contribution is -0.120. The molecule has 4 N–H and O–H groups in total. The number of nitrogens with zero attached hydrogens (tertiary/aromatic N) is 1. The summed E-state index contributed by atoms with van der Waals surface area (Å²) in [5.41, 5.74) is 0.931. The van der Waals surface area contributed by atoms with E-state index in [9.17, 15) is 14.4 Å². The van der Waals surface area contributed by atoms with Gasteiger partial charge in [-0.25, -0.2) is 4.79 Å². The molecule has 126 valence electrons. The molecule has 1 fully saturated rings. The van der Waals surface area contributed by atoms with Gasteiger partial charge in [0.25, 0.3) is 5.91 Å². The fourth-order valence-corrected chi connectivity index (χ4v) is 2.37. The summed E-state index contributed by atoms with van der Waals surface area (Å²) >= 11 is 0. The smallest absolute Gasteiger partial charge is 0.409 e. The van der Waals surface area contributed by atoms with Crippen molar-refractivity contribution in [1.82, 2.24) is 15.2 Å². The highest BCUT2D eigenvalue weighted by atomic mass is 16.4. The van der Waals surface area contributed by atoms with Gasteiger partial charge in [0.15, 0.2) is 0 Å². The summed E-state index contributed by atoms with van der Waals surface area (Å²) in [7, 11) is 0. The van der Waals surface area contributed by atoms with Gasteiger partial charge >= 0.3 is 6.09 Å². The van der Waals surface area contributed by atoms with Gasteiger partial charge in [-0.1, -0.05) is 20.8 Å². The van der Waals surface area contributed by atoms with Gasteiger partial charge < -0.3 is 20.3 Å². The van der Waals surface area contributed by atoms with Crippen molar-refractivity contribution in [3.05, 3.63) is 17.5 Å².